The molecule has 0 spiro atoms. The highest BCUT2D eigenvalue weighted by Crippen LogP contribution is 2.22. The molecule has 1 aliphatic heterocycles. The molecule has 0 unspecified atom stereocenters. The molecule has 6 heteroatoms. The zero-order chi connectivity index (χ0) is 20.9. The van der Waals surface area contributed by atoms with E-state index in [9.17, 15) is 13.2 Å². The molecule has 5 nitrogen and oxygen atoms in total. The average Bonchev–Trinajstić information content (AvgIpc) is 2.73. The maximum atomic E-state index is 12.6. The number of aryl methyl sites for hydroxylation is 1. The average molecular weight is 415 g/mol. The lowest BCUT2D eigenvalue weighted by Gasteiger charge is -2.32. The topological polar surface area (TPSA) is 57.7 Å². The molecule has 3 rings (SSSR count). The maximum Gasteiger partial charge on any atom is 0.242 e. The van der Waals surface area contributed by atoms with Gasteiger partial charge in [0.1, 0.15) is 0 Å². The molecule has 0 aromatic heterocycles. The van der Waals surface area contributed by atoms with Crippen molar-refractivity contribution in [2.45, 2.75) is 37.0 Å². The normalized spacial score (nSPS) is 15.6. The number of carbonyl (C=O) groups is 1. The lowest BCUT2D eigenvalue weighted by Crippen LogP contribution is -2.39. The lowest BCUT2D eigenvalue weighted by molar-refractivity contribution is -0.132. The van der Waals surface area contributed by atoms with Crippen molar-refractivity contribution >= 4 is 15.9 Å². The van der Waals surface area contributed by atoms with E-state index in [1.54, 1.807) is 24.3 Å². The molecule has 1 heterocycles. The van der Waals surface area contributed by atoms with E-state index >= 15 is 0 Å². The minimum atomic E-state index is -3.41. The summed E-state index contributed by atoms with van der Waals surface area (Å²) in [6.07, 6.45) is 4.29. The Hall–Kier alpha value is -2.18. The van der Waals surface area contributed by atoms with Crippen molar-refractivity contribution in [2.24, 2.45) is 5.92 Å². The molecule has 2 aromatic carbocycles. The lowest BCUT2D eigenvalue weighted by atomic mass is 9.90. The summed E-state index contributed by atoms with van der Waals surface area (Å²) < 4.78 is 25.4. The number of amides is 1. The van der Waals surface area contributed by atoms with Crippen molar-refractivity contribution in [3.63, 3.8) is 0 Å². The Kier molecular flexibility index (Phi) is 7.09. The van der Waals surface area contributed by atoms with Crippen LogP contribution in [0.5, 0.6) is 0 Å². The van der Waals surface area contributed by atoms with Gasteiger partial charge >= 0.3 is 0 Å². The molecule has 1 saturated heterocycles. The van der Waals surface area contributed by atoms with Crippen LogP contribution >= 0.6 is 0 Å². The second-order valence-electron chi connectivity index (χ2n) is 7.95. The molecule has 29 heavy (non-hydrogen) atoms. The van der Waals surface area contributed by atoms with Crippen molar-refractivity contribution in [2.75, 3.05) is 27.2 Å². The van der Waals surface area contributed by atoms with E-state index in [1.807, 2.05) is 11.0 Å². The molecule has 0 aliphatic carbocycles. The van der Waals surface area contributed by atoms with E-state index in [2.05, 4.69) is 24.3 Å². The molecule has 0 atom stereocenters. The summed E-state index contributed by atoms with van der Waals surface area (Å²) in [5.74, 6) is 0.834. The van der Waals surface area contributed by atoms with Crippen LogP contribution in [0.3, 0.4) is 0 Å². The van der Waals surface area contributed by atoms with Crippen LogP contribution in [0.25, 0.3) is 0 Å². The summed E-state index contributed by atoms with van der Waals surface area (Å²) >= 11 is 0. The fraction of sp³-hybridized carbons (Fsp3) is 0.435. The minimum absolute atomic E-state index is 0.188. The molecule has 0 radical (unpaired) electrons. The SMILES string of the molecule is CN(C)S(=O)(=O)c1ccc(CCC(=O)N2CCC(Cc3ccccc3)CC2)cc1. The molecule has 0 bridgehead atoms. The summed E-state index contributed by atoms with van der Waals surface area (Å²) in [6, 6.07) is 17.4. The molecule has 1 amide bonds. The highest BCUT2D eigenvalue weighted by Gasteiger charge is 2.23. The van der Waals surface area contributed by atoms with Crippen LogP contribution in [-0.2, 0) is 27.7 Å². The van der Waals surface area contributed by atoms with Gasteiger partial charge in [0.05, 0.1) is 4.90 Å². The van der Waals surface area contributed by atoms with E-state index in [4.69, 9.17) is 0 Å². The van der Waals surface area contributed by atoms with Gasteiger partial charge in [0.2, 0.25) is 15.9 Å². The fourth-order valence-electron chi connectivity index (χ4n) is 3.78. The monoisotopic (exact) mass is 414 g/mol. The zero-order valence-corrected chi connectivity index (χ0v) is 18.1. The third kappa shape index (κ3) is 5.67. The Morgan fingerprint density at radius 1 is 0.966 bits per heavy atom. The predicted molar refractivity (Wildman–Crippen MR) is 115 cm³/mol. The van der Waals surface area contributed by atoms with Crippen LogP contribution in [-0.4, -0.2) is 50.7 Å². The summed E-state index contributed by atoms with van der Waals surface area (Å²) in [6.45, 7) is 1.66. The largest absolute Gasteiger partial charge is 0.343 e. The molecular formula is C23H30N2O3S. The van der Waals surface area contributed by atoms with Crippen molar-refractivity contribution in [1.29, 1.82) is 0 Å². The van der Waals surface area contributed by atoms with Gasteiger partial charge in [0, 0.05) is 33.6 Å². The number of hydrogen-bond donors (Lipinski definition) is 0. The minimum Gasteiger partial charge on any atom is -0.343 e. The molecule has 0 N–H and O–H groups in total. The van der Waals surface area contributed by atoms with Gasteiger partial charge in [-0.2, -0.15) is 0 Å². The third-order valence-electron chi connectivity index (χ3n) is 5.66. The first-order valence-electron chi connectivity index (χ1n) is 10.2. The van der Waals surface area contributed by atoms with E-state index in [1.165, 1.54) is 24.0 Å². The van der Waals surface area contributed by atoms with Gasteiger partial charge in [-0.1, -0.05) is 42.5 Å². The Balaban J connectivity index is 1.45. The number of benzene rings is 2. The van der Waals surface area contributed by atoms with Crippen LogP contribution in [0, 0.1) is 5.92 Å². The number of carbonyl (C=O) groups excluding carboxylic acids is 1. The van der Waals surface area contributed by atoms with Crippen LogP contribution < -0.4 is 0 Å². The number of piperidine rings is 1. The second-order valence-corrected chi connectivity index (χ2v) is 10.1. The first-order chi connectivity index (χ1) is 13.9. The highest BCUT2D eigenvalue weighted by molar-refractivity contribution is 7.89. The fourth-order valence-corrected chi connectivity index (χ4v) is 4.68. The van der Waals surface area contributed by atoms with Crippen molar-refractivity contribution in [3.05, 3.63) is 65.7 Å². The van der Waals surface area contributed by atoms with Crippen LogP contribution in [0.1, 0.15) is 30.4 Å². The smallest absolute Gasteiger partial charge is 0.242 e. The summed E-state index contributed by atoms with van der Waals surface area (Å²) in [5.41, 5.74) is 2.35. The zero-order valence-electron chi connectivity index (χ0n) is 17.3. The number of rotatable bonds is 7. The third-order valence-corrected chi connectivity index (χ3v) is 7.49. The van der Waals surface area contributed by atoms with Crippen LogP contribution in [0.2, 0.25) is 0 Å². The first kappa shape index (κ1) is 21.5. The molecule has 0 saturated carbocycles. The second kappa shape index (κ2) is 9.55. The van der Waals surface area contributed by atoms with E-state index in [-0.39, 0.29) is 10.8 Å². The number of sulfonamides is 1. The first-order valence-corrected chi connectivity index (χ1v) is 11.6. The number of nitrogens with zero attached hydrogens (tertiary/aromatic N) is 2. The summed E-state index contributed by atoms with van der Waals surface area (Å²) in [4.78, 5) is 14.8. The Morgan fingerprint density at radius 3 is 2.17 bits per heavy atom. The van der Waals surface area contributed by atoms with E-state index < -0.39 is 10.0 Å². The molecule has 1 fully saturated rings. The van der Waals surface area contributed by atoms with Gasteiger partial charge in [-0.25, -0.2) is 12.7 Å². The standard InChI is InChI=1S/C23H30N2O3S/c1-24(2)29(27,28)22-11-8-19(9-12-22)10-13-23(26)25-16-14-21(15-17-25)18-20-6-4-3-5-7-20/h3-9,11-12,21H,10,13-18H2,1-2H3. The quantitative estimate of drug-likeness (QED) is 0.698. The maximum absolute atomic E-state index is 12.6. The summed E-state index contributed by atoms with van der Waals surface area (Å²) in [5, 5.41) is 0. The van der Waals surface area contributed by atoms with Gasteiger partial charge in [-0.05, 0) is 54.9 Å². The summed E-state index contributed by atoms with van der Waals surface area (Å²) in [7, 11) is -0.374. The van der Waals surface area contributed by atoms with Gasteiger partial charge in [-0.15, -0.1) is 0 Å². The molecule has 156 valence electrons. The Labute approximate surface area is 174 Å². The van der Waals surface area contributed by atoms with Gasteiger partial charge in [0.25, 0.3) is 0 Å². The predicted octanol–water partition coefficient (Wildman–Crippen LogP) is 3.35. The number of likely N-dealkylation sites (tertiary alicyclic amines) is 1. The Bertz CT molecular complexity index is 901. The van der Waals surface area contributed by atoms with Crippen LogP contribution in [0.15, 0.2) is 59.5 Å². The van der Waals surface area contributed by atoms with Crippen molar-refractivity contribution in [3.8, 4) is 0 Å². The van der Waals surface area contributed by atoms with Crippen LogP contribution in [0.4, 0.5) is 0 Å². The molecular weight excluding hydrogens is 384 g/mol. The van der Waals surface area contributed by atoms with Crippen molar-refractivity contribution in [1.82, 2.24) is 9.21 Å². The van der Waals surface area contributed by atoms with E-state index in [0.29, 0.717) is 18.8 Å². The molecule has 1 aliphatic rings. The van der Waals surface area contributed by atoms with Crippen molar-refractivity contribution < 1.29 is 13.2 Å². The van der Waals surface area contributed by atoms with Gasteiger partial charge in [-0.3, -0.25) is 4.79 Å². The van der Waals surface area contributed by atoms with Gasteiger partial charge < -0.3 is 4.90 Å². The van der Waals surface area contributed by atoms with E-state index in [0.717, 1.165) is 37.9 Å². The van der Waals surface area contributed by atoms with Gasteiger partial charge in [0.15, 0.2) is 0 Å². The molecule has 2 aromatic rings. The highest BCUT2D eigenvalue weighted by atomic mass is 32.2. The number of hydrogen-bond acceptors (Lipinski definition) is 3. The Morgan fingerprint density at radius 2 is 1.59 bits per heavy atom.